The van der Waals surface area contributed by atoms with Gasteiger partial charge in [0.15, 0.2) is 11.6 Å². The molecule has 0 aromatic heterocycles. The van der Waals surface area contributed by atoms with Gasteiger partial charge >= 0.3 is 0 Å². The fraction of sp³-hybridized carbons (Fsp3) is 0. The summed E-state index contributed by atoms with van der Waals surface area (Å²) in [4.78, 5) is 22.0. The molecular weight excluding hydrogens is 177 g/mol. The van der Waals surface area contributed by atoms with Crippen molar-refractivity contribution in [3.05, 3.63) is 29.1 Å². The predicted octanol–water partition coefficient (Wildman–Crippen LogP) is 0.415. The molecule has 0 fully saturated rings. The molecule has 2 rings (SSSR count). The topological polar surface area (TPSA) is 66.4 Å². The lowest BCUT2D eigenvalue weighted by Crippen LogP contribution is -2.19. The second kappa shape index (κ2) is 2.29. The average Bonchev–Trinajstić information content (AvgIpc) is 2.35. The highest BCUT2D eigenvalue weighted by Gasteiger charge is 2.31. The van der Waals surface area contributed by atoms with E-state index < -0.39 is 23.4 Å². The van der Waals surface area contributed by atoms with Gasteiger partial charge in [-0.2, -0.15) is 0 Å². The van der Waals surface area contributed by atoms with Crippen LogP contribution in [0.2, 0.25) is 0 Å². The zero-order valence-corrected chi connectivity index (χ0v) is 6.30. The number of carbonyl (C=O) groups excluding carboxylic acids is 2. The number of hydrogen-bond donors (Lipinski definition) is 2. The van der Waals surface area contributed by atoms with Gasteiger partial charge in [-0.3, -0.25) is 14.9 Å². The maximum atomic E-state index is 12.7. The van der Waals surface area contributed by atoms with E-state index in [9.17, 15) is 14.0 Å². The van der Waals surface area contributed by atoms with Gasteiger partial charge in [-0.15, -0.1) is 0 Å². The summed E-state index contributed by atoms with van der Waals surface area (Å²) < 4.78 is 12.7. The smallest absolute Gasteiger partial charge is 0.262 e. The Bertz CT molecular complexity index is 428. The van der Waals surface area contributed by atoms with Crippen LogP contribution in [0.25, 0.3) is 0 Å². The molecule has 0 saturated heterocycles. The number of fused-ring (bicyclic) bond motifs is 1. The van der Waals surface area contributed by atoms with Crippen molar-refractivity contribution in [1.82, 2.24) is 5.32 Å². The molecular formula is C8H4FNO3. The van der Waals surface area contributed by atoms with Crippen molar-refractivity contribution in [2.45, 2.75) is 0 Å². The fourth-order valence-corrected chi connectivity index (χ4v) is 1.22. The van der Waals surface area contributed by atoms with Crippen molar-refractivity contribution in [2.24, 2.45) is 0 Å². The molecule has 0 radical (unpaired) electrons. The van der Waals surface area contributed by atoms with Crippen LogP contribution in [-0.2, 0) is 0 Å². The minimum atomic E-state index is -0.913. The van der Waals surface area contributed by atoms with E-state index >= 15 is 0 Å². The highest BCUT2D eigenvalue weighted by Crippen LogP contribution is 2.27. The van der Waals surface area contributed by atoms with Gasteiger partial charge in [0.1, 0.15) is 0 Å². The number of imide groups is 1. The number of amides is 2. The molecule has 0 atom stereocenters. The molecule has 1 aliphatic rings. The Labute approximate surface area is 72.0 Å². The maximum absolute atomic E-state index is 12.7. The minimum Gasteiger partial charge on any atom is -0.504 e. The molecule has 13 heavy (non-hydrogen) atoms. The third kappa shape index (κ3) is 0.900. The number of carbonyl (C=O) groups is 2. The summed E-state index contributed by atoms with van der Waals surface area (Å²) >= 11 is 0. The number of halogens is 1. The lowest BCUT2D eigenvalue weighted by atomic mass is 10.1. The maximum Gasteiger partial charge on any atom is 0.262 e. The molecule has 1 aromatic rings. The van der Waals surface area contributed by atoms with Gasteiger partial charge in [0.05, 0.1) is 11.1 Å². The van der Waals surface area contributed by atoms with Crippen molar-refractivity contribution in [3.63, 3.8) is 0 Å². The van der Waals surface area contributed by atoms with Crippen molar-refractivity contribution >= 4 is 11.8 Å². The molecule has 5 heteroatoms. The molecule has 1 aromatic carbocycles. The van der Waals surface area contributed by atoms with Crippen molar-refractivity contribution < 1.29 is 19.1 Å². The van der Waals surface area contributed by atoms with Gasteiger partial charge in [-0.1, -0.05) is 0 Å². The monoisotopic (exact) mass is 181 g/mol. The molecule has 1 heterocycles. The fourth-order valence-electron chi connectivity index (χ4n) is 1.22. The SMILES string of the molecule is O=C1NC(=O)c2c1ccc(F)c2O. The third-order valence-electron chi connectivity index (χ3n) is 1.83. The number of phenolic OH excluding ortho intramolecular Hbond substituents is 1. The highest BCUT2D eigenvalue weighted by molar-refractivity contribution is 6.22. The molecule has 0 spiro atoms. The first kappa shape index (κ1) is 7.72. The molecule has 2 amide bonds. The quantitative estimate of drug-likeness (QED) is 0.570. The average molecular weight is 181 g/mol. The Kier molecular flexibility index (Phi) is 1.36. The van der Waals surface area contributed by atoms with E-state index in [1.165, 1.54) is 0 Å². The van der Waals surface area contributed by atoms with E-state index in [1.54, 1.807) is 0 Å². The van der Waals surface area contributed by atoms with Crippen LogP contribution in [0.4, 0.5) is 4.39 Å². The number of rotatable bonds is 0. The van der Waals surface area contributed by atoms with Crippen molar-refractivity contribution in [2.75, 3.05) is 0 Å². The van der Waals surface area contributed by atoms with E-state index in [0.717, 1.165) is 12.1 Å². The minimum absolute atomic E-state index is 0.00361. The Hall–Kier alpha value is -1.91. The molecule has 4 nitrogen and oxygen atoms in total. The summed E-state index contributed by atoms with van der Waals surface area (Å²) in [6.07, 6.45) is 0. The van der Waals surface area contributed by atoms with Crippen LogP contribution in [0.1, 0.15) is 20.7 Å². The summed E-state index contributed by atoms with van der Waals surface area (Å²) in [6, 6.07) is 2.09. The molecule has 0 unspecified atom stereocenters. The lowest BCUT2D eigenvalue weighted by Gasteiger charge is -1.98. The van der Waals surface area contributed by atoms with E-state index in [1.807, 2.05) is 5.32 Å². The molecule has 2 N–H and O–H groups in total. The summed E-state index contributed by atoms with van der Waals surface area (Å²) in [6.45, 7) is 0. The van der Waals surface area contributed by atoms with E-state index in [0.29, 0.717) is 0 Å². The summed E-state index contributed by atoms with van der Waals surface area (Å²) in [5, 5.41) is 11.1. The van der Waals surface area contributed by atoms with Crippen LogP contribution in [0.5, 0.6) is 5.75 Å². The molecule has 0 saturated carbocycles. The Morgan fingerprint density at radius 3 is 2.62 bits per heavy atom. The largest absolute Gasteiger partial charge is 0.504 e. The van der Waals surface area contributed by atoms with Gasteiger partial charge in [-0.25, -0.2) is 4.39 Å². The van der Waals surface area contributed by atoms with Crippen LogP contribution in [-0.4, -0.2) is 16.9 Å². The molecule has 0 aliphatic carbocycles. The van der Waals surface area contributed by atoms with Crippen LogP contribution in [0.3, 0.4) is 0 Å². The van der Waals surface area contributed by atoms with Crippen LogP contribution >= 0.6 is 0 Å². The van der Waals surface area contributed by atoms with Gasteiger partial charge in [0.2, 0.25) is 0 Å². The zero-order chi connectivity index (χ0) is 9.59. The van der Waals surface area contributed by atoms with E-state index in [-0.39, 0.29) is 11.1 Å². The first-order chi connectivity index (χ1) is 6.11. The highest BCUT2D eigenvalue weighted by atomic mass is 19.1. The second-order valence-electron chi connectivity index (χ2n) is 2.60. The predicted molar refractivity (Wildman–Crippen MR) is 39.9 cm³/mol. The Morgan fingerprint density at radius 1 is 1.23 bits per heavy atom. The van der Waals surface area contributed by atoms with Crippen molar-refractivity contribution in [1.29, 1.82) is 0 Å². The summed E-state index contributed by atoms with van der Waals surface area (Å²) in [5.74, 6) is -3.07. The number of hydrogen-bond acceptors (Lipinski definition) is 3. The van der Waals surface area contributed by atoms with Gasteiger partial charge in [0.25, 0.3) is 11.8 Å². The zero-order valence-electron chi connectivity index (χ0n) is 6.30. The first-order valence-corrected chi connectivity index (χ1v) is 3.48. The van der Waals surface area contributed by atoms with Gasteiger partial charge < -0.3 is 5.11 Å². The molecule has 0 bridgehead atoms. The second-order valence-corrected chi connectivity index (χ2v) is 2.60. The number of aromatic hydroxyl groups is 1. The van der Waals surface area contributed by atoms with Gasteiger partial charge in [-0.05, 0) is 12.1 Å². The first-order valence-electron chi connectivity index (χ1n) is 3.48. The Morgan fingerprint density at radius 2 is 1.92 bits per heavy atom. The van der Waals surface area contributed by atoms with Crippen molar-refractivity contribution in [3.8, 4) is 5.75 Å². The van der Waals surface area contributed by atoms with Crippen LogP contribution in [0, 0.1) is 5.82 Å². The number of nitrogens with one attached hydrogen (secondary N) is 1. The lowest BCUT2D eigenvalue weighted by molar-refractivity contribution is 0.0879. The third-order valence-corrected chi connectivity index (χ3v) is 1.83. The van der Waals surface area contributed by atoms with E-state index in [4.69, 9.17) is 5.11 Å². The van der Waals surface area contributed by atoms with Crippen LogP contribution in [0.15, 0.2) is 12.1 Å². The van der Waals surface area contributed by atoms with E-state index in [2.05, 4.69) is 0 Å². The summed E-state index contributed by atoms with van der Waals surface area (Å²) in [7, 11) is 0. The Balaban J connectivity index is 2.78. The molecule has 1 aliphatic heterocycles. The number of phenols is 1. The summed E-state index contributed by atoms with van der Waals surface area (Å²) in [5.41, 5.74) is -0.283. The molecule has 66 valence electrons. The standard InChI is InChI=1S/C8H4FNO3/c9-4-2-1-3-5(6(4)11)8(13)10-7(3)12/h1-2,11H,(H,10,12,13). The number of benzene rings is 1. The van der Waals surface area contributed by atoms with Crippen LogP contribution < -0.4 is 5.32 Å². The van der Waals surface area contributed by atoms with Gasteiger partial charge in [0, 0.05) is 0 Å². The normalized spacial score (nSPS) is 14.2.